The number of carbonyl (C=O) groups is 4. The zero-order valence-electron chi connectivity index (χ0n) is 20.5. The first-order chi connectivity index (χ1) is 16.2. The van der Waals surface area contributed by atoms with Gasteiger partial charge in [-0.15, -0.1) is 0 Å². The summed E-state index contributed by atoms with van der Waals surface area (Å²) in [4.78, 5) is 48.3. The average Bonchev–Trinajstić information content (AvgIpc) is 3.06. The Balaban J connectivity index is 1.63. The van der Waals surface area contributed by atoms with Crippen molar-refractivity contribution in [3.63, 3.8) is 0 Å². The minimum absolute atomic E-state index is 0.0203. The van der Waals surface area contributed by atoms with Crippen LogP contribution in [-0.4, -0.2) is 68.7 Å². The molecule has 3 fully saturated rings. The molecule has 3 saturated carbocycles. The summed E-state index contributed by atoms with van der Waals surface area (Å²) in [5.41, 5.74) is -4.61. The molecule has 8 atom stereocenters. The topological polar surface area (TPSA) is 138 Å². The molecule has 4 aliphatic carbocycles. The van der Waals surface area contributed by atoms with Crippen molar-refractivity contribution in [2.24, 2.45) is 22.7 Å². The quantitative estimate of drug-likeness (QED) is 0.490. The van der Waals surface area contributed by atoms with E-state index in [9.17, 15) is 34.5 Å². The minimum Gasteiger partial charge on any atom is -0.479 e. The molecule has 0 radical (unpaired) electrons. The van der Waals surface area contributed by atoms with E-state index in [1.54, 1.807) is 13.0 Å². The van der Waals surface area contributed by atoms with E-state index in [0.29, 0.717) is 32.1 Å². The first-order valence-electron chi connectivity index (χ1n) is 12.4. The number of carboxylic acids is 1. The minimum atomic E-state index is -2.17. The summed E-state index contributed by atoms with van der Waals surface area (Å²) in [6.45, 7) is 4.21. The van der Waals surface area contributed by atoms with E-state index in [1.165, 1.54) is 6.92 Å². The molecular weight excluding hydrogens is 459 g/mol. The molecule has 0 aromatic rings. The largest absolute Gasteiger partial charge is 0.479 e. The lowest BCUT2D eigenvalue weighted by atomic mass is 9.44. The predicted molar refractivity (Wildman–Crippen MR) is 121 cm³/mol. The van der Waals surface area contributed by atoms with Crippen LogP contribution < -0.4 is 0 Å². The van der Waals surface area contributed by atoms with Crippen molar-refractivity contribution < 1.29 is 43.6 Å². The monoisotopic (exact) mass is 494 g/mol. The smallest absolute Gasteiger partial charge is 0.336 e. The number of Topliss-reactive ketones (excluding diaryl/α,β-unsaturated/α-hetero) is 2. The second-order valence-corrected chi connectivity index (χ2v) is 11.5. The van der Waals surface area contributed by atoms with E-state index in [2.05, 4.69) is 0 Å². The third-order valence-corrected chi connectivity index (χ3v) is 9.89. The lowest BCUT2D eigenvalue weighted by Crippen LogP contribution is -2.65. The number of carboxylic acid groups (broad SMARTS) is 1. The molecule has 8 nitrogen and oxygen atoms in total. The highest BCUT2D eigenvalue weighted by Gasteiger charge is 2.72. The Morgan fingerprint density at radius 1 is 1.11 bits per heavy atom. The normalized spacial score (nSPS) is 42.2. The van der Waals surface area contributed by atoms with Crippen LogP contribution in [0.5, 0.6) is 0 Å². The first kappa shape index (κ1) is 26.1. The van der Waals surface area contributed by atoms with Crippen LogP contribution in [0.4, 0.5) is 4.39 Å². The molecular formula is C26H35FO8. The molecule has 0 amide bonds. The number of halogens is 1. The number of ketones is 3. The second kappa shape index (κ2) is 8.56. The molecule has 0 spiro atoms. The molecule has 3 N–H and O–H groups in total. The molecule has 3 unspecified atom stereocenters. The highest BCUT2D eigenvalue weighted by molar-refractivity contribution is 5.96. The van der Waals surface area contributed by atoms with E-state index < -0.39 is 64.4 Å². The lowest BCUT2D eigenvalue weighted by Gasteiger charge is -2.62. The first-order valence-corrected chi connectivity index (χ1v) is 12.4. The van der Waals surface area contributed by atoms with Gasteiger partial charge >= 0.3 is 5.97 Å². The zero-order valence-corrected chi connectivity index (χ0v) is 20.5. The van der Waals surface area contributed by atoms with Gasteiger partial charge in [0.25, 0.3) is 0 Å². The standard InChI is InChI=1S/C26H35FO8/c1-14(28)13-35-20(22(32)33)19(30)21(31)26(34)9-7-17-18-5-4-15-12-16(29)6-8-23(15,2)25(18,27)11-10-24(17,26)3/h12,17-20,30,34H,4-11,13H2,1-3H3,(H,32,33)/t17-,18-,19?,20?,23-,24-,25?,26-/m0/s1. The highest BCUT2D eigenvalue weighted by atomic mass is 19.1. The van der Waals surface area contributed by atoms with Gasteiger partial charge in [0.2, 0.25) is 0 Å². The van der Waals surface area contributed by atoms with Gasteiger partial charge in [0, 0.05) is 17.3 Å². The van der Waals surface area contributed by atoms with Crippen LogP contribution in [0.1, 0.15) is 72.1 Å². The number of allylic oxidation sites excluding steroid dienone is 1. The number of fused-ring (bicyclic) bond motifs is 5. The number of carbonyl (C=O) groups excluding carboxylic acids is 3. The summed E-state index contributed by atoms with van der Waals surface area (Å²) < 4.78 is 22.0. The van der Waals surface area contributed by atoms with Gasteiger partial charge in [-0.3, -0.25) is 14.4 Å². The Kier molecular flexibility index (Phi) is 6.38. The fraction of sp³-hybridized carbons (Fsp3) is 0.769. The summed E-state index contributed by atoms with van der Waals surface area (Å²) in [6, 6.07) is 0. The fourth-order valence-electron chi connectivity index (χ4n) is 7.76. The summed E-state index contributed by atoms with van der Waals surface area (Å²) >= 11 is 0. The van der Waals surface area contributed by atoms with E-state index in [4.69, 9.17) is 4.74 Å². The molecule has 0 bridgehead atoms. The zero-order chi connectivity index (χ0) is 26.0. The Morgan fingerprint density at radius 3 is 2.43 bits per heavy atom. The summed E-state index contributed by atoms with van der Waals surface area (Å²) in [5, 5.41) is 31.8. The van der Waals surface area contributed by atoms with Crippen molar-refractivity contribution in [3.8, 4) is 0 Å². The van der Waals surface area contributed by atoms with Crippen molar-refractivity contribution in [2.45, 2.75) is 95.6 Å². The number of hydrogen-bond donors (Lipinski definition) is 3. The number of hydrogen-bond acceptors (Lipinski definition) is 7. The van der Waals surface area contributed by atoms with E-state index in [1.807, 2.05) is 6.92 Å². The van der Waals surface area contributed by atoms with Crippen molar-refractivity contribution in [1.82, 2.24) is 0 Å². The Hall–Kier alpha value is -1.97. The van der Waals surface area contributed by atoms with Crippen LogP contribution in [0.2, 0.25) is 0 Å². The SMILES string of the molecule is CC(=O)COC(C(=O)O)C(O)C(=O)[C@@]1(O)CC[C@H]2[C@@H]3CCC4=CC(=O)CC[C@]4(C)C3(F)CC[C@@]21C. The molecule has 0 saturated heterocycles. The number of aliphatic carboxylic acids is 1. The van der Waals surface area contributed by atoms with E-state index >= 15 is 4.39 Å². The fourth-order valence-corrected chi connectivity index (χ4v) is 7.76. The van der Waals surface area contributed by atoms with E-state index in [0.717, 1.165) is 5.57 Å². The molecule has 0 aromatic heterocycles. The van der Waals surface area contributed by atoms with Gasteiger partial charge in [0.05, 0.1) is 0 Å². The summed E-state index contributed by atoms with van der Waals surface area (Å²) in [6.07, 6.45) is -0.130. The lowest BCUT2D eigenvalue weighted by molar-refractivity contribution is -0.193. The van der Waals surface area contributed by atoms with Gasteiger partial charge in [-0.05, 0) is 69.8 Å². The van der Waals surface area contributed by atoms with Crippen LogP contribution in [0, 0.1) is 22.7 Å². The van der Waals surface area contributed by atoms with Gasteiger partial charge in [-0.1, -0.05) is 19.4 Å². The van der Waals surface area contributed by atoms with Gasteiger partial charge < -0.3 is 20.1 Å². The van der Waals surface area contributed by atoms with Crippen LogP contribution in [0.15, 0.2) is 11.6 Å². The molecule has 194 valence electrons. The Labute approximate surface area is 203 Å². The number of rotatable bonds is 7. The summed E-state index contributed by atoms with van der Waals surface area (Å²) in [7, 11) is 0. The maximum absolute atomic E-state index is 17.0. The van der Waals surface area contributed by atoms with Gasteiger partial charge in [-0.2, -0.15) is 0 Å². The van der Waals surface area contributed by atoms with Crippen LogP contribution in [0.25, 0.3) is 0 Å². The molecule has 0 heterocycles. The van der Waals surface area contributed by atoms with Crippen molar-refractivity contribution in [2.75, 3.05) is 6.61 Å². The maximum atomic E-state index is 17.0. The average molecular weight is 495 g/mol. The Morgan fingerprint density at radius 2 is 1.80 bits per heavy atom. The Bertz CT molecular complexity index is 992. The third kappa shape index (κ3) is 3.64. The maximum Gasteiger partial charge on any atom is 0.336 e. The van der Waals surface area contributed by atoms with Crippen LogP contribution >= 0.6 is 0 Å². The van der Waals surface area contributed by atoms with Gasteiger partial charge in [0.15, 0.2) is 29.6 Å². The number of alkyl halides is 1. The van der Waals surface area contributed by atoms with Crippen molar-refractivity contribution >= 4 is 23.3 Å². The van der Waals surface area contributed by atoms with Gasteiger partial charge in [0.1, 0.15) is 17.9 Å². The van der Waals surface area contributed by atoms with Gasteiger partial charge in [-0.25, -0.2) is 9.18 Å². The molecule has 0 aliphatic heterocycles. The third-order valence-electron chi connectivity index (χ3n) is 9.89. The molecule has 35 heavy (non-hydrogen) atoms. The van der Waals surface area contributed by atoms with Crippen LogP contribution in [0.3, 0.4) is 0 Å². The second-order valence-electron chi connectivity index (χ2n) is 11.5. The van der Waals surface area contributed by atoms with Crippen molar-refractivity contribution in [1.29, 1.82) is 0 Å². The number of ether oxygens (including phenoxy) is 1. The van der Waals surface area contributed by atoms with Crippen molar-refractivity contribution in [3.05, 3.63) is 11.6 Å². The molecule has 0 aromatic carbocycles. The number of aliphatic hydroxyl groups excluding tert-OH is 1. The summed E-state index contributed by atoms with van der Waals surface area (Å²) in [5.74, 6) is -3.91. The van der Waals surface area contributed by atoms with E-state index in [-0.39, 0.29) is 31.0 Å². The molecule has 9 heteroatoms. The number of aliphatic hydroxyl groups is 2. The highest BCUT2D eigenvalue weighted by Crippen LogP contribution is 2.70. The predicted octanol–water partition coefficient (Wildman–Crippen LogP) is 2.33. The molecule has 4 aliphatic rings. The molecule has 4 rings (SSSR count). The van der Waals surface area contributed by atoms with Crippen LogP contribution in [-0.2, 0) is 23.9 Å².